The van der Waals surface area contributed by atoms with Crippen LogP contribution in [0.25, 0.3) is 0 Å². The van der Waals surface area contributed by atoms with E-state index in [4.69, 9.17) is 9.47 Å². The van der Waals surface area contributed by atoms with Gasteiger partial charge in [0.25, 0.3) is 10.0 Å². The highest BCUT2D eigenvalue weighted by Crippen LogP contribution is 2.34. The fraction of sp³-hybridized carbons (Fsp3) is 0.480. The molecule has 186 valence electrons. The summed E-state index contributed by atoms with van der Waals surface area (Å²) in [5, 5.41) is 3.55. The predicted octanol–water partition coefficient (Wildman–Crippen LogP) is 4.39. The number of aryl methyl sites for hydroxylation is 1. The van der Waals surface area contributed by atoms with Gasteiger partial charge in [-0.25, -0.2) is 8.42 Å². The molecule has 1 saturated carbocycles. The van der Waals surface area contributed by atoms with E-state index in [9.17, 15) is 13.2 Å². The van der Waals surface area contributed by atoms with Crippen LogP contribution in [-0.4, -0.2) is 52.6 Å². The number of sulfonamides is 1. The summed E-state index contributed by atoms with van der Waals surface area (Å²) in [6.07, 6.45) is 6.35. The lowest BCUT2D eigenvalue weighted by Gasteiger charge is -2.25. The summed E-state index contributed by atoms with van der Waals surface area (Å²) >= 11 is 1.89. The first kappa shape index (κ1) is 26.2. The second-order valence-corrected chi connectivity index (χ2v) is 11.6. The Labute approximate surface area is 207 Å². The number of thioether (sulfide) groups is 1. The van der Waals surface area contributed by atoms with E-state index >= 15 is 0 Å². The average Bonchev–Trinajstić information content (AvgIpc) is 2.85. The van der Waals surface area contributed by atoms with Crippen molar-refractivity contribution in [2.24, 2.45) is 0 Å². The van der Waals surface area contributed by atoms with Crippen molar-refractivity contribution in [3.8, 4) is 11.5 Å². The van der Waals surface area contributed by atoms with Gasteiger partial charge in [0, 0.05) is 23.6 Å². The molecule has 1 amide bonds. The highest BCUT2D eigenvalue weighted by molar-refractivity contribution is 7.99. The standard InChI is InChI=1S/C25H34N2O5S2/c1-19-9-12-22(13-10-19)34(29,30)27(20-11-14-23(31-2)24(17-20)32-3)18-25(28)26-15-16-33-21-7-5-4-6-8-21/h9-14,17,21H,4-8,15-16,18H2,1-3H3,(H,26,28). The SMILES string of the molecule is COc1ccc(N(CC(=O)NCCSC2CCCCC2)S(=O)(=O)c2ccc(C)cc2)cc1OC. The van der Waals surface area contributed by atoms with Crippen molar-refractivity contribution >= 4 is 33.4 Å². The Bertz CT molecular complexity index is 1050. The number of carbonyl (C=O) groups is 1. The van der Waals surface area contributed by atoms with Gasteiger partial charge < -0.3 is 14.8 Å². The first-order chi connectivity index (χ1) is 16.3. The molecule has 0 atom stereocenters. The zero-order valence-electron chi connectivity index (χ0n) is 20.1. The maximum absolute atomic E-state index is 13.5. The Morgan fingerprint density at radius 2 is 1.71 bits per heavy atom. The molecule has 1 aliphatic rings. The number of methoxy groups -OCH3 is 2. The molecule has 7 nitrogen and oxygen atoms in total. The number of carbonyl (C=O) groups excluding carboxylic acids is 1. The normalized spacial score (nSPS) is 14.4. The molecule has 0 saturated heterocycles. The van der Waals surface area contributed by atoms with Crippen LogP contribution in [0.3, 0.4) is 0 Å². The molecule has 2 aromatic carbocycles. The lowest BCUT2D eigenvalue weighted by atomic mass is 10.0. The Morgan fingerprint density at radius 1 is 1.03 bits per heavy atom. The first-order valence-electron chi connectivity index (χ1n) is 11.5. The zero-order valence-corrected chi connectivity index (χ0v) is 21.7. The molecule has 2 aromatic rings. The van der Waals surface area contributed by atoms with Crippen molar-refractivity contribution in [1.29, 1.82) is 0 Å². The highest BCUT2D eigenvalue weighted by atomic mass is 32.2. The zero-order chi connectivity index (χ0) is 24.6. The summed E-state index contributed by atoms with van der Waals surface area (Å²) in [4.78, 5) is 12.9. The highest BCUT2D eigenvalue weighted by Gasteiger charge is 2.28. The van der Waals surface area contributed by atoms with Gasteiger partial charge in [-0.15, -0.1) is 0 Å². The number of hydrogen-bond acceptors (Lipinski definition) is 6. The Kier molecular flexibility index (Phi) is 9.53. The van der Waals surface area contributed by atoms with Crippen LogP contribution < -0.4 is 19.1 Å². The van der Waals surface area contributed by atoms with E-state index in [0.717, 1.165) is 15.6 Å². The lowest BCUT2D eigenvalue weighted by Crippen LogP contribution is -2.41. The van der Waals surface area contributed by atoms with Gasteiger partial charge in [-0.2, -0.15) is 11.8 Å². The van der Waals surface area contributed by atoms with Crippen molar-refractivity contribution in [2.75, 3.05) is 37.4 Å². The number of hydrogen-bond donors (Lipinski definition) is 1. The minimum Gasteiger partial charge on any atom is -0.493 e. The van der Waals surface area contributed by atoms with E-state index < -0.39 is 10.0 Å². The van der Waals surface area contributed by atoms with Crippen LogP contribution in [0.1, 0.15) is 37.7 Å². The van der Waals surface area contributed by atoms with Gasteiger partial charge in [0.15, 0.2) is 11.5 Å². The fourth-order valence-corrected chi connectivity index (χ4v) is 6.60. The molecule has 1 fully saturated rings. The number of nitrogens with one attached hydrogen (secondary N) is 1. The number of amides is 1. The number of anilines is 1. The third-order valence-corrected chi connectivity index (χ3v) is 9.05. The van der Waals surface area contributed by atoms with E-state index in [2.05, 4.69) is 5.32 Å². The summed E-state index contributed by atoms with van der Waals surface area (Å²) < 4.78 is 38.8. The van der Waals surface area contributed by atoms with Gasteiger partial charge >= 0.3 is 0 Å². The van der Waals surface area contributed by atoms with Crippen molar-refractivity contribution < 1.29 is 22.7 Å². The lowest BCUT2D eigenvalue weighted by molar-refractivity contribution is -0.119. The molecule has 3 rings (SSSR count). The van der Waals surface area contributed by atoms with Crippen molar-refractivity contribution in [2.45, 2.75) is 49.2 Å². The monoisotopic (exact) mass is 506 g/mol. The number of rotatable bonds is 11. The topological polar surface area (TPSA) is 84.9 Å². The van der Waals surface area contributed by atoms with Crippen LogP contribution in [0.5, 0.6) is 11.5 Å². The van der Waals surface area contributed by atoms with Crippen LogP contribution in [-0.2, 0) is 14.8 Å². The molecule has 0 spiro atoms. The molecule has 0 unspecified atom stereocenters. The van der Waals surface area contributed by atoms with E-state index in [1.54, 1.807) is 42.5 Å². The smallest absolute Gasteiger partial charge is 0.264 e. The van der Waals surface area contributed by atoms with Crippen LogP contribution in [0.2, 0.25) is 0 Å². The predicted molar refractivity (Wildman–Crippen MR) is 138 cm³/mol. The molecule has 0 aromatic heterocycles. The van der Waals surface area contributed by atoms with Crippen molar-refractivity contribution in [3.05, 3.63) is 48.0 Å². The maximum Gasteiger partial charge on any atom is 0.264 e. The molecule has 0 heterocycles. The van der Waals surface area contributed by atoms with Gasteiger partial charge in [0.05, 0.1) is 24.8 Å². The van der Waals surface area contributed by atoms with Crippen LogP contribution >= 0.6 is 11.8 Å². The van der Waals surface area contributed by atoms with E-state index in [0.29, 0.717) is 29.0 Å². The Morgan fingerprint density at radius 3 is 2.35 bits per heavy atom. The molecule has 0 bridgehead atoms. The molecular weight excluding hydrogens is 472 g/mol. The van der Waals surface area contributed by atoms with E-state index in [1.807, 2.05) is 18.7 Å². The van der Waals surface area contributed by atoms with Gasteiger partial charge in [0.1, 0.15) is 6.54 Å². The second kappa shape index (κ2) is 12.4. The minimum atomic E-state index is -3.99. The number of benzene rings is 2. The van der Waals surface area contributed by atoms with Crippen molar-refractivity contribution in [3.63, 3.8) is 0 Å². The Hall–Kier alpha value is -2.39. The summed E-state index contributed by atoms with van der Waals surface area (Å²) in [6.45, 7) is 2.06. The summed E-state index contributed by atoms with van der Waals surface area (Å²) in [5.74, 6) is 1.32. The molecular formula is C25H34N2O5S2. The van der Waals surface area contributed by atoms with Gasteiger partial charge in [-0.05, 0) is 44.0 Å². The minimum absolute atomic E-state index is 0.119. The first-order valence-corrected chi connectivity index (χ1v) is 14.0. The molecule has 9 heteroatoms. The second-order valence-electron chi connectivity index (χ2n) is 8.34. The molecule has 1 aliphatic carbocycles. The van der Waals surface area contributed by atoms with Gasteiger partial charge in [-0.3, -0.25) is 9.10 Å². The van der Waals surface area contributed by atoms with Gasteiger partial charge in [-0.1, -0.05) is 37.0 Å². The summed E-state index contributed by atoms with van der Waals surface area (Å²) in [7, 11) is -0.993. The van der Waals surface area contributed by atoms with E-state index in [-0.39, 0.29) is 17.3 Å². The molecule has 34 heavy (non-hydrogen) atoms. The largest absolute Gasteiger partial charge is 0.493 e. The average molecular weight is 507 g/mol. The fourth-order valence-electron chi connectivity index (χ4n) is 3.97. The molecule has 0 radical (unpaired) electrons. The third kappa shape index (κ3) is 6.82. The van der Waals surface area contributed by atoms with Gasteiger partial charge in [0.2, 0.25) is 5.91 Å². The van der Waals surface area contributed by atoms with Crippen LogP contribution in [0, 0.1) is 6.92 Å². The summed E-state index contributed by atoms with van der Waals surface area (Å²) in [6, 6.07) is 11.4. The maximum atomic E-state index is 13.5. The third-order valence-electron chi connectivity index (χ3n) is 5.88. The van der Waals surface area contributed by atoms with Crippen LogP contribution in [0.4, 0.5) is 5.69 Å². The number of ether oxygens (including phenoxy) is 2. The molecule has 0 aliphatic heterocycles. The van der Waals surface area contributed by atoms with E-state index in [1.165, 1.54) is 46.3 Å². The molecule has 1 N–H and O–H groups in total. The van der Waals surface area contributed by atoms with Crippen LogP contribution in [0.15, 0.2) is 47.4 Å². The quantitative estimate of drug-likeness (QED) is 0.455. The van der Waals surface area contributed by atoms with Crippen molar-refractivity contribution in [1.82, 2.24) is 5.32 Å². The number of nitrogens with zero attached hydrogens (tertiary/aromatic N) is 1. The Balaban J connectivity index is 1.76. The summed E-state index contributed by atoms with van der Waals surface area (Å²) in [5.41, 5.74) is 1.27.